The lowest BCUT2D eigenvalue weighted by atomic mass is 9.77. The van der Waals surface area contributed by atoms with Crippen LogP contribution in [-0.4, -0.2) is 43.6 Å². The molecule has 0 amide bonds. The summed E-state index contributed by atoms with van der Waals surface area (Å²) < 4.78 is 36.0. The van der Waals surface area contributed by atoms with Crippen LogP contribution in [0.5, 0.6) is 0 Å². The largest absolute Gasteiger partial charge is 0.379 e. The predicted molar refractivity (Wildman–Crippen MR) is 147 cm³/mol. The first kappa shape index (κ1) is 23.0. The molecule has 0 saturated carbocycles. The lowest BCUT2D eigenvalue weighted by Gasteiger charge is -2.38. The highest BCUT2D eigenvalue weighted by Gasteiger charge is 2.39. The summed E-state index contributed by atoms with van der Waals surface area (Å²) in [7, 11) is -3.54. The standard InChI is InChI=1S/C30H31N3O3S/c1-2-33-28-9-4-3-6-23(28)26-18-20(10-13-29(26)33)30-24-8-5-7-22(24)25-19-21(11-12-27(25)31-30)37(34,35)32-14-16-36-17-15-32/h3-7,9-13,18-19,22,24,30-31H,2,8,14-17H2,1H3. The fourth-order valence-electron chi connectivity index (χ4n) is 6.60. The van der Waals surface area contributed by atoms with Gasteiger partial charge in [0.15, 0.2) is 0 Å². The number of fused-ring (bicyclic) bond motifs is 6. The Balaban J connectivity index is 1.28. The van der Waals surface area contributed by atoms with Crippen molar-refractivity contribution in [2.45, 2.75) is 36.7 Å². The molecule has 3 heterocycles. The molecule has 1 saturated heterocycles. The van der Waals surface area contributed by atoms with Crippen molar-refractivity contribution in [2.75, 3.05) is 31.6 Å². The van der Waals surface area contributed by atoms with Crippen molar-refractivity contribution in [2.24, 2.45) is 5.92 Å². The molecule has 1 aliphatic carbocycles. The van der Waals surface area contributed by atoms with Gasteiger partial charge in [-0.1, -0.05) is 36.4 Å². The van der Waals surface area contributed by atoms with Gasteiger partial charge in [0, 0.05) is 53.0 Å². The fraction of sp³-hybridized carbons (Fsp3) is 0.333. The van der Waals surface area contributed by atoms with Gasteiger partial charge in [0.05, 0.1) is 24.2 Å². The molecule has 3 unspecified atom stereocenters. The maximum atomic E-state index is 13.3. The van der Waals surface area contributed by atoms with Gasteiger partial charge >= 0.3 is 0 Å². The Morgan fingerprint density at radius 1 is 0.973 bits per heavy atom. The highest BCUT2D eigenvalue weighted by molar-refractivity contribution is 7.89. The number of aromatic nitrogens is 1. The molecule has 0 spiro atoms. The third-order valence-electron chi connectivity index (χ3n) is 8.41. The normalized spacial score (nSPS) is 23.8. The number of morpholine rings is 1. The summed E-state index contributed by atoms with van der Waals surface area (Å²) in [6.45, 7) is 4.83. The Morgan fingerprint density at radius 2 is 1.78 bits per heavy atom. The number of aryl methyl sites for hydroxylation is 1. The zero-order chi connectivity index (χ0) is 25.1. The molecule has 3 atom stereocenters. The molecular formula is C30H31N3O3S. The maximum absolute atomic E-state index is 13.3. The number of hydrogen-bond acceptors (Lipinski definition) is 4. The number of anilines is 1. The molecule has 6 nitrogen and oxygen atoms in total. The molecule has 2 aliphatic heterocycles. The second-order valence-electron chi connectivity index (χ2n) is 10.3. The van der Waals surface area contributed by atoms with Crippen LogP contribution < -0.4 is 5.32 Å². The van der Waals surface area contributed by atoms with E-state index in [1.807, 2.05) is 12.1 Å². The van der Waals surface area contributed by atoms with Crippen LogP contribution in [0.4, 0.5) is 5.69 Å². The molecule has 1 fully saturated rings. The van der Waals surface area contributed by atoms with E-state index in [2.05, 4.69) is 71.4 Å². The number of sulfonamides is 1. The molecule has 7 rings (SSSR count). The zero-order valence-electron chi connectivity index (χ0n) is 20.9. The van der Waals surface area contributed by atoms with Crippen LogP contribution in [0.15, 0.2) is 77.7 Å². The summed E-state index contributed by atoms with van der Waals surface area (Å²) in [5.74, 6) is 0.527. The highest BCUT2D eigenvalue weighted by atomic mass is 32.2. The molecule has 190 valence electrons. The van der Waals surface area contributed by atoms with Gasteiger partial charge in [0.1, 0.15) is 0 Å². The first-order chi connectivity index (χ1) is 18.1. The number of nitrogens with one attached hydrogen (secondary N) is 1. The van der Waals surface area contributed by atoms with Crippen molar-refractivity contribution in [1.29, 1.82) is 0 Å². The Labute approximate surface area is 217 Å². The third kappa shape index (κ3) is 3.55. The summed E-state index contributed by atoms with van der Waals surface area (Å²) >= 11 is 0. The second-order valence-corrected chi connectivity index (χ2v) is 12.2. The van der Waals surface area contributed by atoms with Crippen molar-refractivity contribution in [3.63, 3.8) is 0 Å². The number of hydrogen-bond donors (Lipinski definition) is 1. The van der Waals surface area contributed by atoms with Gasteiger partial charge in [0.25, 0.3) is 0 Å². The van der Waals surface area contributed by atoms with E-state index in [1.165, 1.54) is 27.4 Å². The lowest BCUT2D eigenvalue weighted by Crippen LogP contribution is -2.40. The molecule has 3 aliphatic rings. The van der Waals surface area contributed by atoms with E-state index in [0.717, 1.165) is 24.2 Å². The van der Waals surface area contributed by atoms with Gasteiger partial charge in [-0.3, -0.25) is 0 Å². The van der Waals surface area contributed by atoms with Gasteiger partial charge in [-0.15, -0.1) is 0 Å². The van der Waals surface area contributed by atoms with Crippen LogP contribution in [0.3, 0.4) is 0 Å². The molecule has 37 heavy (non-hydrogen) atoms. The van der Waals surface area contributed by atoms with Crippen LogP contribution in [-0.2, 0) is 21.3 Å². The minimum Gasteiger partial charge on any atom is -0.379 e. The number of para-hydroxylation sites is 1. The van der Waals surface area contributed by atoms with Crippen LogP contribution in [0, 0.1) is 5.92 Å². The molecular weight excluding hydrogens is 482 g/mol. The molecule has 0 radical (unpaired) electrons. The molecule has 1 aromatic heterocycles. The van der Waals surface area contributed by atoms with Crippen molar-refractivity contribution in [3.8, 4) is 0 Å². The average molecular weight is 514 g/mol. The molecule has 1 N–H and O–H groups in total. The van der Waals surface area contributed by atoms with E-state index < -0.39 is 10.0 Å². The van der Waals surface area contributed by atoms with Gasteiger partial charge in [-0.2, -0.15) is 4.31 Å². The third-order valence-corrected chi connectivity index (χ3v) is 10.3. The quantitative estimate of drug-likeness (QED) is 0.358. The smallest absolute Gasteiger partial charge is 0.243 e. The van der Waals surface area contributed by atoms with Gasteiger partial charge in [-0.05, 0) is 66.8 Å². The Morgan fingerprint density at radius 3 is 2.62 bits per heavy atom. The minimum atomic E-state index is -3.54. The number of nitrogens with zero attached hydrogens (tertiary/aromatic N) is 2. The predicted octanol–water partition coefficient (Wildman–Crippen LogP) is 5.66. The van der Waals surface area contributed by atoms with E-state index in [0.29, 0.717) is 37.1 Å². The van der Waals surface area contributed by atoms with E-state index >= 15 is 0 Å². The van der Waals surface area contributed by atoms with Gasteiger partial charge < -0.3 is 14.6 Å². The summed E-state index contributed by atoms with van der Waals surface area (Å²) in [5.41, 5.74) is 5.92. The fourth-order valence-corrected chi connectivity index (χ4v) is 8.05. The number of allylic oxidation sites excluding steroid dienone is 2. The molecule has 0 bridgehead atoms. The number of benzene rings is 3. The van der Waals surface area contributed by atoms with Crippen molar-refractivity contribution >= 4 is 37.5 Å². The molecule has 4 aromatic rings. The monoisotopic (exact) mass is 513 g/mol. The minimum absolute atomic E-state index is 0.155. The lowest BCUT2D eigenvalue weighted by molar-refractivity contribution is 0.0730. The van der Waals surface area contributed by atoms with Crippen molar-refractivity contribution < 1.29 is 13.2 Å². The first-order valence-electron chi connectivity index (χ1n) is 13.2. The number of ether oxygens (including phenoxy) is 1. The molecule has 7 heteroatoms. The SMILES string of the molecule is CCn1c2ccccc2c2cc(C3Nc4ccc(S(=O)(=O)N5CCOCC5)cc4C4C=CCC43)ccc21. The van der Waals surface area contributed by atoms with E-state index in [9.17, 15) is 8.42 Å². The van der Waals surface area contributed by atoms with E-state index in [-0.39, 0.29) is 12.0 Å². The Hall–Kier alpha value is -3.13. The summed E-state index contributed by atoms with van der Waals surface area (Å²) in [4.78, 5) is 0.376. The van der Waals surface area contributed by atoms with Crippen LogP contribution in [0.2, 0.25) is 0 Å². The summed E-state index contributed by atoms with van der Waals surface area (Å²) in [6.07, 6.45) is 5.49. The van der Waals surface area contributed by atoms with Crippen LogP contribution in [0.25, 0.3) is 21.8 Å². The zero-order valence-corrected chi connectivity index (χ0v) is 21.7. The van der Waals surface area contributed by atoms with E-state index in [4.69, 9.17) is 4.74 Å². The maximum Gasteiger partial charge on any atom is 0.243 e. The van der Waals surface area contributed by atoms with Crippen molar-refractivity contribution in [3.05, 3.63) is 83.9 Å². The first-order valence-corrected chi connectivity index (χ1v) is 14.7. The Kier molecular flexibility index (Phi) is 5.43. The highest BCUT2D eigenvalue weighted by Crippen LogP contribution is 2.50. The van der Waals surface area contributed by atoms with Crippen LogP contribution >= 0.6 is 0 Å². The van der Waals surface area contributed by atoms with E-state index in [1.54, 1.807) is 10.4 Å². The topological polar surface area (TPSA) is 63.6 Å². The average Bonchev–Trinajstić information content (AvgIpc) is 3.56. The van der Waals surface area contributed by atoms with Gasteiger partial charge in [-0.25, -0.2) is 8.42 Å². The summed E-state index contributed by atoms with van der Waals surface area (Å²) in [5, 5.41) is 6.38. The number of rotatable bonds is 4. The molecule has 3 aromatic carbocycles. The second kappa shape index (κ2) is 8.72. The van der Waals surface area contributed by atoms with Gasteiger partial charge in [0.2, 0.25) is 10.0 Å². The van der Waals surface area contributed by atoms with Crippen molar-refractivity contribution in [1.82, 2.24) is 8.87 Å². The summed E-state index contributed by atoms with van der Waals surface area (Å²) in [6, 6.07) is 21.3. The Bertz CT molecular complexity index is 1650. The van der Waals surface area contributed by atoms with Crippen LogP contribution in [0.1, 0.15) is 36.4 Å².